The minimum atomic E-state index is 0.778. The molecule has 0 radical (unpaired) electrons. The molecule has 10 heavy (non-hydrogen) atoms. The number of nitrogens with one attached hydrogen (secondary N) is 2. The zero-order chi connectivity index (χ0) is 6.81. The number of hydrogen-bond acceptors (Lipinski definition) is 2. The third-order valence-electron chi connectivity index (χ3n) is 2.45. The molecule has 2 aliphatic rings. The van der Waals surface area contributed by atoms with E-state index in [2.05, 4.69) is 10.6 Å². The first-order valence-electron chi connectivity index (χ1n) is 4.39. The Bertz CT molecular complexity index is 104. The van der Waals surface area contributed by atoms with Crippen LogP contribution in [0.1, 0.15) is 19.3 Å². The zero-order valence-corrected chi connectivity index (χ0v) is 6.40. The lowest BCUT2D eigenvalue weighted by molar-refractivity contribution is 0.527. The highest BCUT2D eigenvalue weighted by Gasteiger charge is 2.22. The van der Waals surface area contributed by atoms with Crippen LogP contribution < -0.4 is 10.6 Å². The predicted molar refractivity (Wildman–Crippen MR) is 42.0 cm³/mol. The van der Waals surface area contributed by atoms with Crippen molar-refractivity contribution in [1.82, 2.24) is 10.6 Å². The van der Waals surface area contributed by atoms with Gasteiger partial charge in [-0.25, -0.2) is 0 Å². The molecule has 1 saturated carbocycles. The van der Waals surface area contributed by atoms with E-state index in [-0.39, 0.29) is 0 Å². The van der Waals surface area contributed by atoms with E-state index in [1.807, 2.05) is 0 Å². The smallest absolute Gasteiger partial charge is 0.0204 e. The third-order valence-corrected chi connectivity index (χ3v) is 2.45. The molecule has 1 aliphatic heterocycles. The van der Waals surface area contributed by atoms with Gasteiger partial charge in [0.2, 0.25) is 0 Å². The van der Waals surface area contributed by atoms with E-state index in [4.69, 9.17) is 0 Å². The van der Waals surface area contributed by atoms with Gasteiger partial charge in [0.25, 0.3) is 0 Å². The number of hydrogen-bond donors (Lipinski definition) is 2. The highest BCUT2D eigenvalue weighted by molar-refractivity contribution is 4.82. The molecule has 0 aromatic rings. The van der Waals surface area contributed by atoms with Gasteiger partial charge in [0, 0.05) is 12.6 Å². The molecule has 1 atom stereocenters. The van der Waals surface area contributed by atoms with E-state index in [1.54, 1.807) is 0 Å². The summed E-state index contributed by atoms with van der Waals surface area (Å²) in [5.74, 6) is 1.03. The molecule has 2 nitrogen and oxygen atoms in total. The Kier molecular flexibility index (Phi) is 1.91. The Morgan fingerprint density at radius 3 is 2.80 bits per heavy atom. The summed E-state index contributed by atoms with van der Waals surface area (Å²) in [7, 11) is 0. The van der Waals surface area contributed by atoms with E-state index >= 15 is 0 Å². The van der Waals surface area contributed by atoms with Crippen molar-refractivity contribution in [2.75, 3.05) is 19.6 Å². The molecular formula is C8H16N2. The number of rotatable bonds is 3. The average molecular weight is 140 g/mol. The summed E-state index contributed by atoms with van der Waals surface area (Å²) >= 11 is 0. The van der Waals surface area contributed by atoms with Crippen molar-refractivity contribution in [3.63, 3.8) is 0 Å². The van der Waals surface area contributed by atoms with Crippen LogP contribution >= 0.6 is 0 Å². The fourth-order valence-electron chi connectivity index (χ4n) is 1.48. The van der Waals surface area contributed by atoms with E-state index < -0.39 is 0 Å². The maximum Gasteiger partial charge on any atom is 0.0204 e. The van der Waals surface area contributed by atoms with E-state index in [0.717, 1.165) is 12.0 Å². The van der Waals surface area contributed by atoms with Gasteiger partial charge in [-0.05, 0) is 38.3 Å². The molecule has 0 spiro atoms. The minimum Gasteiger partial charge on any atom is -0.315 e. The summed E-state index contributed by atoms with van der Waals surface area (Å²) < 4.78 is 0. The Hall–Kier alpha value is -0.0800. The van der Waals surface area contributed by atoms with Gasteiger partial charge in [-0.3, -0.25) is 0 Å². The van der Waals surface area contributed by atoms with Crippen LogP contribution in [0, 0.1) is 5.92 Å². The standard InChI is InChI=1S/C8H16N2/c1-2-7(1)5-10-8-3-4-9-6-8/h7-10H,1-6H2/t8-/m0/s1. The lowest BCUT2D eigenvalue weighted by atomic mass is 10.2. The van der Waals surface area contributed by atoms with Crippen molar-refractivity contribution in [2.24, 2.45) is 5.92 Å². The summed E-state index contributed by atoms with van der Waals surface area (Å²) in [6, 6.07) is 0.778. The molecular weight excluding hydrogens is 124 g/mol. The quantitative estimate of drug-likeness (QED) is 0.591. The van der Waals surface area contributed by atoms with Crippen molar-refractivity contribution in [3.8, 4) is 0 Å². The molecule has 0 bridgehead atoms. The van der Waals surface area contributed by atoms with Gasteiger partial charge in [0.1, 0.15) is 0 Å². The van der Waals surface area contributed by atoms with Crippen molar-refractivity contribution in [1.29, 1.82) is 0 Å². The highest BCUT2D eigenvalue weighted by atomic mass is 15.0. The molecule has 0 amide bonds. The van der Waals surface area contributed by atoms with Crippen LogP contribution in [-0.2, 0) is 0 Å². The van der Waals surface area contributed by atoms with Gasteiger partial charge >= 0.3 is 0 Å². The molecule has 2 N–H and O–H groups in total. The predicted octanol–water partition coefficient (Wildman–Crippen LogP) is 0.348. The normalized spacial score (nSPS) is 33.0. The molecule has 0 unspecified atom stereocenters. The van der Waals surface area contributed by atoms with Gasteiger partial charge in [-0.2, -0.15) is 0 Å². The molecule has 1 heterocycles. The molecule has 1 saturated heterocycles. The lowest BCUT2D eigenvalue weighted by Gasteiger charge is -2.09. The van der Waals surface area contributed by atoms with E-state index in [9.17, 15) is 0 Å². The van der Waals surface area contributed by atoms with Crippen LogP contribution in [0.4, 0.5) is 0 Å². The maximum atomic E-state index is 3.58. The fraction of sp³-hybridized carbons (Fsp3) is 1.00. The van der Waals surface area contributed by atoms with Gasteiger partial charge in [0.15, 0.2) is 0 Å². The molecule has 58 valence electrons. The van der Waals surface area contributed by atoms with E-state index in [1.165, 1.54) is 38.9 Å². The Morgan fingerprint density at radius 2 is 2.20 bits per heavy atom. The largest absolute Gasteiger partial charge is 0.315 e. The molecule has 2 rings (SSSR count). The molecule has 0 aromatic heterocycles. The minimum absolute atomic E-state index is 0.778. The first-order chi connectivity index (χ1) is 4.95. The highest BCUT2D eigenvalue weighted by Crippen LogP contribution is 2.27. The molecule has 2 heteroatoms. The fourth-order valence-corrected chi connectivity index (χ4v) is 1.48. The first kappa shape index (κ1) is 6.62. The summed E-state index contributed by atoms with van der Waals surface area (Å²) in [6.07, 6.45) is 4.26. The molecule has 1 aliphatic carbocycles. The summed E-state index contributed by atoms with van der Waals surface area (Å²) in [5.41, 5.74) is 0. The maximum absolute atomic E-state index is 3.58. The van der Waals surface area contributed by atoms with Crippen LogP contribution in [-0.4, -0.2) is 25.7 Å². The van der Waals surface area contributed by atoms with Crippen LogP contribution in [0.15, 0.2) is 0 Å². The van der Waals surface area contributed by atoms with Crippen molar-refractivity contribution in [3.05, 3.63) is 0 Å². The van der Waals surface area contributed by atoms with Gasteiger partial charge in [-0.15, -0.1) is 0 Å². The third kappa shape index (κ3) is 1.70. The second kappa shape index (κ2) is 2.89. The topological polar surface area (TPSA) is 24.1 Å². The second-order valence-electron chi connectivity index (χ2n) is 3.54. The first-order valence-corrected chi connectivity index (χ1v) is 4.39. The van der Waals surface area contributed by atoms with Crippen molar-refractivity contribution in [2.45, 2.75) is 25.3 Å². The monoisotopic (exact) mass is 140 g/mol. The molecule has 0 aromatic carbocycles. The Morgan fingerprint density at radius 1 is 1.30 bits per heavy atom. The SMILES string of the molecule is C1C[C@H](NCC2CC2)CN1. The molecule has 2 fully saturated rings. The summed E-state index contributed by atoms with van der Waals surface area (Å²) in [5, 5.41) is 6.93. The van der Waals surface area contributed by atoms with Gasteiger partial charge < -0.3 is 10.6 Å². The Balaban J connectivity index is 1.59. The second-order valence-corrected chi connectivity index (χ2v) is 3.54. The summed E-state index contributed by atoms with van der Waals surface area (Å²) in [4.78, 5) is 0. The summed E-state index contributed by atoms with van der Waals surface area (Å²) in [6.45, 7) is 3.67. The van der Waals surface area contributed by atoms with Crippen LogP contribution in [0.5, 0.6) is 0 Å². The van der Waals surface area contributed by atoms with Crippen LogP contribution in [0.2, 0.25) is 0 Å². The van der Waals surface area contributed by atoms with E-state index in [0.29, 0.717) is 0 Å². The zero-order valence-electron chi connectivity index (χ0n) is 6.40. The van der Waals surface area contributed by atoms with Crippen LogP contribution in [0.25, 0.3) is 0 Å². The van der Waals surface area contributed by atoms with Crippen molar-refractivity contribution >= 4 is 0 Å². The van der Waals surface area contributed by atoms with Crippen molar-refractivity contribution < 1.29 is 0 Å². The van der Waals surface area contributed by atoms with Crippen LogP contribution in [0.3, 0.4) is 0 Å². The van der Waals surface area contributed by atoms with Gasteiger partial charge in [0.05, 0.1) is 0 Å². The van der Waals surface area contributed by atoms with Gasteiger partial charge in [-0.1, -0.05) is 0 Å². The Labute approximate surface area is 62.4 Å². The average Bonchev–Trinajstić information content (AvgIpc) is 2.63. The lowest BCUT2D eigenvalue weighted by Crippen LogP contribution is -2.32.